The number of carboxylic acid groups (broad SMARTS) is 1. The van der Waals surface area contributed by atoms with E-state index in [4.69, 9.17) is 5.11 Å². The van der Waals surface area contributed by atoms with Gasteiger partial charge in [-0.15, -0.1) is 0 Å². The second-order valence-electron chi connectivity index (χ2n) is 4.92. The smallest absolute Gasteiger partial charge is 0.335 e. The van der Waals surface area contributed by atoms with Crippen molar-refractivity contribution in [3.05, 3.63) is 29.3 Å². The predicted octanol–water partition coefficient (Wildman–Crippen LogP) is 1.77. The van der Waals surface area contributed by atoms with E-state index in [1.807, 2.05) is 6.92 Å². The summed E-state index contributed by atoms with van der Waals surface area (Å²) >= 11 is 0. The van der Waals surface area contributed by atoms with Crippen LogP contribution in [0.25, 0.3) is 0 Å². The van der Waals surface area contributed by atoms with Gasteiger partial charge in [0.1, 0.15) is 0 Å². The monoisotopic (exact) mass is 283 g/mol. The van der Waals surface area contributed by atoms with E-state index in [0.29, 0.717) is 11.5 Å². The van der Waals surface area contributed by atoms with Crippen molar-refractivity contribution >= 4 is 16.0 Å². The average Bonchev–Trinajstić information content (AvgIpc) is 3.06. The topological polar surface area (TPSA) is 83.5 Å². The van der Waals surface area contributed by atoms with Gasteiger partial charge in [-0.1, -0.05) is 19.4 Å². The van der Waals surface area contributed by atoms with Gasteiger partial charge in [0.25, 0.3) is 0 Å². The Bertz CT molecular complexity index is 609. The molecule has 2 unspecified atom stereocenters. The first-order valence-electron chi connectivity index (χ1n) is 6.21. The lowest BCUT2D eigenvalue weighted by molar-refractivity contribution is 0.0696. The van der Waals surface area contributed by atoms with Crippen molar-refractivity contribution < 1.29 is 18.3 Å². The normalized spacial score (nSPS) is 22.2. The van der Waals surface area contributed by atoms with Gasteiger partial charge >= 0.3 is 5.97 Å². The molecule has 0 aliphatic heterocycles. The molecule has 2 atom stereocenters. The molecule has 1 aliphatic rings. The highest BCUT2D eigenvalue weighted by molar-refractivity contribution is 7.89. The van der Waals surface area contributed by atoms with Crippen molar-refractivity contribution in [1.29, 1.82) is 0 Å². The summed E-state index contributed by atoms with van der Waals surface area (Å²) < 4.78 is 27.1. The van der Waals surface area contributed by atoms with Crippen molar-refractivity contribution in [3.63, 3.8) is 0 Å². The molecule has 19 heavy (non-hydrogen) atoms. The highest BCUT2D eigenvalue weighted by atomic mass is 32.2. The fourth-order valence-corrected chi connectivity index (χ4v) is 3.72. The predicted molar refractivity (Wildman–Crippen MR) is 70.6 cm³/mol. The number of aromatic carboxylic acids is 1. The van der Waals surface area contributed by atoms with E-state index >= 15 is 0 Å². The summed E-state index contributed by atoms with van der Waals surface area (Å²) in [6.45, 7) is 3.68. The van der Waals surface area contributed by atoms with Gasteiger partial charge in [-0.2, -0.15) is 0 Å². The van der Waals surface area contributed by atoms with E-state index < -0.39 is 16.0 Å². The minimum atomic E-state index is -3.64. The van der Waals surface area contributed by atoms with Gasteiger partial charge in [0.05, 0.1) is 10.5 Å². The lowest BCUT2D eigenvalue weighted by atomic mass is 10.1. The Morgan fingerprint density at radius 1 is 1.47 bits per heavy atom. The molecule has 1 aromatic carbocycles. The van der Waals surface area contributed by atoms with Gasteiger partial charge < -0.3 is 5.11 Å². The molecule has 1 fully saturated rings. The van der Waals surface area contributed by atoms with Gasteiger partial charge in [-0.25, -0.2) is 17.9 Å². The Hall–Kier alpha value is -1.40. The number of nitrogens with one attached hydrogen (secondary N) is 1. The summed E-state index contributed by atoms with van der Waals surface area (Å²) in [6, 6.07) is 4.12. The molecule has 0 bridgehead atoms. The third-order valence-corrected chi connectivity index (χ3v) is 5.11. The summed E-state index contributed by atoms with van der Waals surface area (Å²) in [5.74, 6) is -0.730. The summed E-state index contributed by atoms with van der Waals surface area (Å²) in [5, 5.41) is 8.92. The Morgan fingerprint density at radius 2 is 2.16 bits per heavy atom. The molecular formula is C13H17NO4S. The minimum absolute atomic E-state index is 0.0112. The molecule has 2 N–H and O–H groups in total. The number of sulfonamides is 1. The maximum atomic E-state index is 12.2. The van der Waals surface area contributed by atoms with Crippen molar-refractivity contribution in [2.45, 2.75) is 37.6 Å². The minimum Gasteiger partial charge on any atom is -0.478 e. The lowest BCUT2D eigenvalue weighted by Gasteiger charge is -2.09. The molecule has 0 spiro atoms. The third kappa shape index (κ3) is 2.96. The van der Waals surface area contributed by atoms with Crippen LogP contribution in [0.3, 0.4) is 0 Å². The van der Waals surface area contributed by atoms with Crippen LogP contribution in [-0.2, 0) is 10.0 Å². The Labute approximate surface area is 112 Å². The van der Waals surface area contributed by atoms with Crippen LogP contribution in [0.5, 0.6) is 0 Å². The first-order chi connectivity index (χ1) is 8.85. The van der Waals surface area contributed by atoms with Gasteiger partial charge in [-0.3, -0.25) is 0 Å². The van der Waals surface area contributed by atoms with Gasteiger partial charge in [-0.05, 0) is 37.0 Å². The Balaban J connectivity index is 2.29. The number of hydrogen-bond donors (Lipinski definition) is 2. The van der Waals surface area contributed by atoms with Crippen LogP contribution in [-0.4, -0.2) is 25.5 Å². The van der Waals surface area contributed by atoms with Crippen LogP contribution in [0.1, 0.15) is 35.7 Å². The zero-order valence-electron chi connectivity index (χ0n) is 10.9. The van der Waals surface area contributed by atoms with Crippen molar-refractivity contribution in [1.82, 2.24) is 4.72 Å². The van der Waals surface area contributed by atoms with E-state index in [-0.39, 0.29) is 16.5 Å². The van der Waals surface area contributed by atoms with Crippen LogP contribution in [0.4, 0.5) is 0 Å². The van der Waals surface area contributed by atoms with Crippen LogP contribution in [0, 0.1) is 12.8 Å². The van der Waals surface area contributed by atoms with E-state index in [1.54, 1.807) is 6.92 Å². The molecule has 1 aliphatic carbocycles. The number of hydrogen-bond acceptors (Lipinski definition) is 3. The fraction of sp³-hybridized carbons (Fsp3) is 0.462. The first-order valence-corrected chi connectivity index (χ1v) is 7.69. The molecule has 6 heteroatoms. The molecule has 0 heterocycles. The molecular weight excluding hydrogens is 266 g/mol. The molecule has 2 rings (SSSR count). The van der Waals surface area contributed by atoms with Gasteiger partial charge in [0, 0.05) is 6.04 Å². The number of carbonyl (C=O) groups is 1. The zero-order chi connectivity index (χ0) is 14.2. The number of rotatable bonds is 5. The average molecular weight is 283 g/mol. The van der Waals surface area contributed by atoms with E-state index in [0.717, 1.165) is 12.8 Å². The van der Waals surface area contributed by atoms with Crippen LogP contribution < -0.4 is 4.72 Å². The Morgan fingerprint density at radius 3 is 2.68 bits per heavy atom. The van der Waals surface area contributed by atoms with Crippen molar-refractivity contribution in [3.8, 4) is 0 Å². The van der Waals surface area contributed by atoms with Crippen LogP contribution in [0.2, 0.25) is 0 Å². The molecule has 1 aromatic rings. The molecule has 5 nitrogen and oxygen atoms in total. The largest absolute Gasteiger partial charge is 0.478 e. The van der Waals surface area contributed by atoms with E-state index in [9.17, 15) is 13.2 Å². The van der Waals surface area contributed by atoms with Crippen molar-refractivity contribution in [2.75, 3.05) is 0 Å². The second-order valence-corrected chi connectivity index (χ2v) is 6.60. The molecule has 0 amide bonds. The molecule has 0 radical (unpaired) electrons. The number of benzene rings is 1. The highest BCUT2D eigenvalue weighted by Gasteiger charge is 2.39. The number of aryl methyl sites for hydroxylation is 1. The quantitative estimate of drug-likeness (QED) is 0.862. The summed E-state index contributed by atoms with van der Waals surface area (Å²) in [7, 11) is -3.64. The standard InChI is InChI=1S/C13H17NO4S/c1-3-9-6-11(9)14-19(17,18)12-7-10(13(15)16)5-4-8(12)2/h4-5,7,9,11,14H,3,6H2,1-2H3,(H,15,16). The SMILES string of the molecule is CCC1CC1NS(=O)(=O)c1cc(C(=O)O)ccc1C. The molecule has 0 aromatic heterocycles. The zero-order valence-corrected chi connectivity index (χ0v) is 11.7. The third-order valence-electron chi connectivity index (χ3n) is 3.48. The highest BCUT2D eigenvalue weighted by Crippen LogP contribution is 2.34. The van der Waals surface area contributed by atoms with Crippen LogP contribution >= 0.6 is 0 Å². The Kier molecular flexibility index (Phi) is 3.64. The molecule has 0 saturated heterocycles. The van der Waals surface area contributed by atoms with E-state index in [1.165, 1.54) is 18.2 Å². The first kappa shape index (κ1) is 14.0. The van der Waals surface area contributed by atoms with Gasteiger partial charge in [0.2, 0.25) is 10.0 Å². The lowest BCUT2D eigenvalue weighted by Crippen LogP contribution is -2.28. The fourth-order valence-electron chi connectivity index (χ4n) is 2.13. The second kappa shape index (κ2) is 4.94. The molecule has 104 valence electrons. The van der Waals surface area contributed by atoms with Gasteiger partial charge in [0.15, 0.2) is 0 Å². The maximum absolute atomic E-state index is 12.2. The molecule has 1 saturated carbocycles. The summed E-state index contributed by atoms with van der Waals surface area (Å²) in [6.07, 6.45) is 1.80. The summed E-state index contributed by atoms with van der Waals surface area (Å²) in [5.41, 5.74) is 0.528. The number of carboxylic acids is 1. The van der Waals surface area contributed by atoms with Crippen LogP contribution in [0.15, 0.2) is 23.1 Å². The maximum Gasteiger partial charge on any atom is 0.335 e. The summed E-state index contributed by atoms with van der Waals surface area (Å²) in [4.78, 5) is 11.0. The van der Waals surface area contributed by atoms with Crippen molar-refractivity contribution in [2.24, 2.45) is 5.92 Å². The van der Waals surface area contributed by atoms with E-state index in [2.05, 4.69) is 4.72 Å².